The minimum absolute atomic E-state index is 0.0821. The fraction of sp³-hybridized carbons (Fsp3) is 0.318. The van der Waals surface area contributed by atoms with E-state index < -0.39 is 17.8 Å². The number of anilines is 1. The lowest BCUT2D eigenvalue weighted by molar-refractivity contribution is 0.0929. The van der Waals surface area contributed by atoms with E-state index in [4.69, 9.17) is 9.15 Å². The van der Waals surface area contributed by atoms with Gasteiger partial charge < -0.3 is 19.4 Å². The zero-order valence-electron chi connectivity index (χ0n) is 17.1. The molecule has 0 spiro atoms. The van der Waals surface area contributed by atoms with Gasteiger partial charge in [0.2, 0.25) is 5.89 Å². The van der Waals surface area contributed by atoms with E-state index in [9.17, 15) is 9.18 Å². The number of amides is 1. The highest BCUT2D eigenvalue weighted by atomic mass is 32.2. The average molecular weight is 443 g/mol. The van der Waals surface area contributed by atoms with Crippen LogP contribution in [0.2, 0.25) is 0 Å². The largest absolute Gasteiger partial charge is 0.494 e. The normalized spacial score (nSPS) is 14.8. The Balaban J connectivity index is 1.56. The van der Waals surface area contributed by atoms with Gasteiger partial charge in [-0.15, -0.1) is 5.10 Å². The van der Waals surface area contributed by atoms with E-state index in [-0.39, 0.29) is 11.3 Å². The molecule has 0 unspecified atom stereocenters. The molecule has 0 radical (unpaired) electrons. The lowest BCUT2D eigenvalue weighted by atomic mass is 10.1. The van der Waals surface area contributed by atoms with Crippen LogP contribution in [0, 0.1) is 5.82 Å². The molecule has 3 aromatic rings. The van der Waals surface area contributed by atoms with Gasteiger partial charge in [0.25, 0.3) is 5.91 Å². The Morgan fingerprint density at radius 2 is 2.00 bits per heavy atom. The van der Waals surface area contributed by atoms with Crippen LogP contribution in [-0.2, 0) is 6.42 Å². The molecule has 7 nitrogen and oxygen atoms in total. The summed E-state index contributed by atoms with van der Waals surface area (Å²) in [7, 11) is 1.38. The van der Waals surface area contributed by atoms with Crippen LogP contribution < -0.4 is 15.0 Å². The number of hydrogen-bond donors (Lipinski definition) is 1. The number of aromatic nitrogens is 2. The Hall–Kier alpha value is -3.07. The standard InChI is InChI=1S/C22H23FN4O3S/c1-29-19-8-7-16(14-17(19)23)20(28)24-18(13-15-5-3-2-4-6-15)21-25-26-22(30-21)27-9-11-31-12-10-27/h2-8,14,18H,9-13H2,1H3,(H,24,28)/t18-/m0/s1. The van der Waals surface area contributed by atoms with Crippen LogP contribution in [0.25, 0.3) is 0 Å². The van der Waals surface area contributed by atoms with Crippen molar-refractivity contribution < 1.29 is 18.3 Å². The highest BCUT2D eigenvalue weighted by Gasteiger charge is 2.25. The molecule has 1 N–H and O–H groups in total. The number of hydrogen-bond acceptors (Lipinski definition) is 7. The Morgan fingerprint density at radius 3 is 2.71 bits per heavy atom. The van der Waals surface area contributed by atoms with Crippen LogP contribution >= 0.6 is 11.8 Å². The van der Waals surface area contributed by atoms with Crippen molar-refractivity contribution in [3.8, 4) is 5.75 Å². The first-order chi connectivity index (χ1) is 15.1. The van der Waals surface area contributed by atoms with Gasteiger partial charge in [-0.05, 0) is 23.8 Å². The van der Waals surface area contributed by atoms with Gasteiger partial charge in [0, 0.05) is 36.6 Å². The van der Waals surface area contributed by atoms with Gasteiger partial charge in [0.05, 0.1) is 7.11 Å². The van der Waals surface area contributed by atoms with Crippen LogP contribution in [0.15, 0.2) is 52.9 Å². The molecule has 31 heavy (non-hydrogen) atoms. The number of halogens is 1. The van der Waals surface area contributed by atoms with Gasteiger partial charge >= 0.3 is 6.01 Å². The number of carbonyl (C=O) groups excluding carboxylic acids is 1. The summed E-state index contributed by atoms with van der Waals surface area (Å²) < 4.78 is 24.9. The summed E-state index contributed by atoms with van der Waals surface area (Å²) in [5, 5.41) is 11.3. The monoisotopic (exact) mass is 442 g/mol. The molecule has 1 saturated heterocycles. The number of nitrogens with one attached hydrogen (secondary N) is 1. The smallest absolute Gasteiger partial charge is 0.318 e. The van der Waals surface area contributed by atoms with Crippen molar-refractivity contribution in [1.29, 1.82) is 0 Å². The van der Waals surface area contributed by atoms with Crippen molar-refractivity contribution in [2.75, 3.05) is 36.6 Å². The van der Waals surface area contributed by atoms with Gasteiger partial charge in [-0.3, -0.25) is 4.79 Å². The van der Waals surface area contributed by atoms with E-state index in [2.05, 4.69) is 15.5 Å². The minimum atomic E-state index is -0.599. The van der Waals surface area contributed by atoms with Crippen molar-refractivity contribution in [2.24, 2.45) is 0 Å². The van der Waals surface area contributed by atoms with Crippen molar-refractivity contribution in [3.63, 3.8) is 0 Å². The number of benzene rings is 2. The molecule has 1 atom stereocenters. The quantitative estimate of drug-likeness (QED) is 0.600. The maximum absolute atomic E-state index is 14.1. The summed E-state index contributed by atoms with van der Waals surface area (Å²) >= 11 is 1.89. The van der Waals surface area contributed by atoms with Crippen molar-refractivity contribution in [2.45, 2.75) is 12.5 Å². The fourth-order valence-corrected chi connectivity index (χ4v) is 4.25. The summed E-state index contributed by atoms with van der Waals surface area (Å²) in [5.41, 5.74) is 1.19. The first kappa shape index (κ1) is 21.2. The Kier molecular flexibility index (Phi) is 6.71. The molecule has 2 heterocycles. The van der Waals surface area contributed by atoms with Gasteiger partial charge in [-0.2, -0.15) is 11.8 Å². The van der Waals surface area contributed by atoms with Crippen LogP contribution in [0.5, 0.6) is 5.75 Å². The van der Waals surface area contributed by atoms with Crippen LogP contribution in [0.4, 0.5) is 10.4 Å². The molecule has 1 aliphatic heterocycles. The third-order valence-corrected chi connectivity index (χ3v) is 5.95. The Labute approximate surface area is 184 Å². The highest BCUT2D eigenvalue weighted by molar-refractivity contribution is 7.99. The Bertz CT molecular complexity index is 1020. The van der Waals surface area contributed by atoms with Crippen molar-refractivity contribution in [3.05, 3.63) is 71.4 Å². The number of thioether (sulfide) groups is 1. The number of carbonyl (C=O) groups is 1. The van der Waals surface area contributed by atoms with E-state index in [1.165, 1.54) is 19.2 Å². The molecule has 162 valence electrons. The second-order valence-corrected chi connectivity index (χ2v) is 8.31. The first-order valence-corrected chi connectivity index (χ1v) is 11.1. The zero-order valence-corrected chi connectivity index (χ0v) is 17.9. The minimum Gasteiger partial charge on any atom is -0.494 e. The van der Waals surface area contributed by atoms with E-state index in [1.807, 2.05) is 47.0 Å². The molecule has 1 fully saturated rings. The highest BCUT2D eigenvalue weighted by Crippen LogP contribution is 2.24. The molecular formula is C22H23FN4O3S. The predicted octanol–water partition coefficient (Wildman–Crippen LogP) is 3.48. The molecule has 2 aromatic carbocycles. The topological polar surface area (TPSA) is 80.5 Å². The Morgan fingerprint density at radius 1 is 1.23 bits per heavy atom. The van der Waals surface area contributed by atoms with Gasteiger partial charge in [-0.25, -0.2) is 4.39 Å². The molecular weight excluding hydrogens is 419 g/mol. The maximum Gasteiger partial charge on any atom is 0.318 e. The second kappa shape index (κ2) is 9.82. The molecule has 0 bridgehead atoms. The number of nitrogens with zero attached hydrogens (tertiary/aromatic N) is 3. The third kappa shape index (κ3) is 5.16. The molecule has 0 aliphatic carbocycles. The molecule has 0 saturated carbocycles. The van der Waals surface area contributed by atoms with Gasteiger partial charge in [-0.1, -0.05) is 35.4 Å². The summed E-state index contributed by atoms with van der Waals surface area (Å²) in [4.78, 5) is 14.9. The molecule has 4 rings (SSSR count). The van der Waals surface area contributed by atoms with Crippen molar-refractivity contribution >= 4 is 23.7 Å². The first-order valence-electron chi connectivity index (χ1n) is 9.98. The van der Waals surface area contributed by atoms with Crippen LogP contribution in [0.1, 0.15) is 27.9 Å². The summed E-state index contributed by atoms with van der Waals surface area (Å²) in [6, 6.07) is 13.7. The lowest BCUT2D eigenvalue weighted by Gasteiger charge is -2.24. The second-order valence-electron chi connectivity index (χ2n) is 7.09. The van der Waals surface area contributed by atoms with Crippen LogP contribution in [-0.4, -0.2) is 47.8 Å². The lowest BCUT2D eigenvalue weighted by Crippen LogP contribution is -2.32. The van der Waals surface area contributed by atoms with E-state index >= 15 is 0 Å². The van der Waals surface area contributed by atoms with Crippen LogP contribution in [0.3, 0.4) is 0 Å². The maximum atomic E-state index is 14.1. The third-order valence-electron chi connectivity index (χ3n) is 5.01. The average Bonchev–Trinajstić information content (AvgIpc) is 3.30. The van der Waals surface area contributed by atoms with Gasteiger partial charge in [0.1, 0.15) is 6.04 Å². The van der Waals surface area contributed by atoms with E-state index in [0.29, 0.717) is 18.3 Å². The summed E-state index contributed by atoms with van der Waals surface area (Å²) in [6.45, 7) is 1.68. The van der Waals surface area contributed by atoms with Crippen molar-refractivity contribution in [1.82, 2.24) is 15.5 Å². The molecule has 1 amide bonds. The number of ether oxygens (including phenoxy) is 1. The predicted molar refractivity (Wildman–Crippen MR) is 117 cm³/mol. The number of rotatable bonds is 7. The van der Waals surface area contributed by atoms with E-state index in [1.54, 1.807) is 0 Å². The molecule has 1 aromatic heterocycles. The van der Waals surface area contributed by atoms with Gasteiger partial charge in [0.15, 0.2) is 11.6 Å². The summed E-state index contributed by atoms with van der Waals surface area (Å²) in [5.74, 6) is 1.38. The number of methoxy groups -OCH3 is 1. The molecule has 1 aliphatic rings. The SMILES string of the molecule is COc1ccc(C(=O)N[C@@H](Cc2ccccc2)c2nnc(N3CCSCC3)o2)cc1F. The zero-order chi connectivity index (χ0) is 21.6. The molecule has 9 heteroatoms. The summed E-state index contributed by atoms with van der Waals surface area (Å²) in [6.07, 6.45) is 0.461. The van der Waals surface area contributed by atoms with E-state index in [0.717, 1.165) is 36.2 Å². The fourth-order valence-electron chi connectivity index (χ4n) is 3.35.